The van der Waals surface area contributed by atoms with Crippen LogP contribution in [0.15, 0.2) is 12.1 Å². The maximum atomic E-state index is 11.3. The third kappa shape index (κ3) is 3.40. The summed E-state index contributed by atoms with van der Waals surface area (Å²) in [6.45, 7) is 2.03. The molecule has 1 unspecified atom stereocenters. The zero-order valence-electron chi connectivity index (χ0n) is 10.6. The normalized spacial score (nSPS) is 19.9. The highest BCUT2D eigenvalue weighted by Crippen LogP contribution is 2.10. The Kier molecular flexibility index (Phi) is 4.46. The van der Waals surface area contributed by atoms with E-state index in [9.17, 15) is 4.79 Å². The van der Waals surface area contributed by atoms with Crippen LogP contribution in [-0.2, 0) is 0 Å². The van der Waals surface area contributed by atoms with Crippen LogP contribution in [0.25, 0.3) is 0 Å². The average Bonchev–Trinajstić information content (AvgIpc) is 2.67. The summed E-state index contributed by atoms with van der Waals surface area (Å²) >= 11 is 0. The maximum Gasteiger partial charge on any atom is 0.271 e. The Hall–Kier alpha value is -1.69. The SMILES string of the molecule is CNC(=O)c1ccc(NC2CCCCNC2)nn1. The topological polar surface area (TPSA) is 78.9 Å². The van der Waals surface area contributed by atoms with Gasteiger partial charge < -0.3 is 16.0 Å². The summed E-state index contributed by atoms with van der Waals surface area (Å²) in [7, 11) is 1.58. The van der Waals surface area contributed by atoms with Crippen molar-refractivity contribution in [3.63, 3.8) is 0 Å². The molecule has 0 saturated carbocycles. The summed E-state index contributed by atoms with van der Waals surface area (Å²) in [6, 6.07) is 3.86. The molecule has 2 rings (SSSR count). The van der Waals surface area contributed by atoms with Gasteiger partial charge in [0.15, 0.2) is 5.69 Å². The molecule has 0 aliphatic carbocycles. The molecule has 1 aliphatic heterocycles. The second-order valence-electron chi connectivity index (χ2n) is 4.42. The first-order chi connectivity index (χ1) is 8.79. The number of carbonyl (C=O) groups excluding carboxylic acids is 1. The highest BCUT2D eigenvalue weighted by atomic mass is 16.1. The summed E-state index contributed by atoms with van der Waals surface area (Å²) in [5, 5.41) is 17.2. The van der Waals surface area contributed by atoms with Gasteiger partial charge in [-0.15, -0.1) is 10.2 Å². The van der Waals surface area contributed by atoms with Crippen molar-refractivity contribution in [3.8, 4) is 0 Å². The van der Waals surface area contributed by atoms with Crippen molar-refractivity contribution < 1.29 is 4.79 Å². The third-order valence-electron chi connectivity index (χ3n) is 3.02. The molecule has 3 N–H and O–H groups in total. The molecule has 0 aromatic carbocycles. The van der Waals surface area contributed by atoms with Gasteiger partial charge >= 0.3 is 0 Å². The summed E-state index contributed by atoms with van der Waals surface area (Å²) in [4.78, 5) is 11.3. The van der Waals surface area contributed by atoms with Gasteiger partial charge in [-0.2, -0.15) is 0 Å². The Labute approximate surface area is 107 Å². The van der Waals surface area contributed by atoms with Crippen molar-refractivity contribution in [1.82, 2.24) is 20.8 Å². The standard InChI is InChI=1S/C12H19N5O/c1-13-12(18)10-5-6-11(17-16-10)15-9-4-2-3-7-14-8-9/h5-6,9,14H,2-4,7-8H2,1H3,(H,13,18)(H,15,17). The van der Waals surface area contributed by atoms with E-state index in [1.165, 1.54) is 12.8 Å². The van der Waals surface area contributed by atoms with Gasteiger partial charge in [-0.25, -0.2) is 0 Å². The molecule has 1 saturated heterocycles. The number of rotatable bonds is 3. The quantitative estimate of drug-likeness (QED) is 0.722. The Morgan fingerprint density at radius 1 is 1.39 bits per heavy atom. The van der Waals surface area contributed by atoms with Gasteiger partial charge in [0.05, 0.1) is 0 Å². The molecular formula is C12H19N5O. The van der Waals surface area contributed by atoms with Crippen molar-refractivity contribution in [1.29, 1.82) is 0 Å². The average molecular weight is 249 g/mol. The fourth-order valence-electron chi connectivity index (χ4n) is 2.01. The number of aromatic nitrogens is 2. The second kappa shape index (κ2) is 6.30. The summed E-state index contributed by atoms with van der Waals surface area (Å²) < 4.78 is 0. The fourth-order valence-corrected chi connectivity index (χ4v) is 2.01. The second-order valence-corrected chi connectivity index (χ2v) is 4.42. The molecule has 6 heteroatoms. The summed E-state index contributed by atoms with van der Waals surface area (Å²) in [6.07, 6.45) is 3.57. The van der Waals surface area contributed by atoms with Gasteiger partial charge in [0.25, 0.3) is 5.91 Å². The van der Waals surface area contributed by atoms with Crippen LogP contribution in [0.3, 0.4) is 0 Å². The molecule has 0 radical (unpaired) electrons. The van der Waals surface area contributed by atoms with Crippen molar-refractivity contribution in [3.05, 3.63) is 17.8 Å². The van der Waals surface area contributed by atoms with Crippen molar-refractivity contribution in [2.45, 2.75) is 25.3 Å². The summed E-state index contributed by atoms with van der Waals surface area (Å²) in [5.41, 5.74) is 0.335. The maximum absolute atomic E-state index is 11.3. The molecule has 0 spiro atoms. The first-order valence-corrected chi connectivity index (χ1v) is 6.32. The Balaban J connectivity index is 1.94. The van der Waals surface area contributed by atoms with Crippen LogP contribution in [0.2, 0.25) is 0 Å². The number of hydrogen-bond acceptors (Lipinski definition) is 5. The zero-order valence-corrected chi connectivity index (χ0v) is 10.6. The predicted molar refractivity (Wildman–Crippen MR) is 69.6 cm³/mol. The smallest absolute Gasteiger partial charge is 0.271 e. The van der Waals surface area contributed by atoms with Gasteiger partial charge in [-0.05, 0) is 31.5 Å². The molecule has 98 valence electrons. The number of hydrogen-bond donors (Lipinski definition) is 3. The predicted octanol–water partition coefficient (Wildman–Crippen LogP) is 0.390. The monoisotopic (exact) mass is 249 g/mol. The summed E-state index contributed by atoms with van der Waals surface area (Å²) in [5.74, 6) is 0.501. The van der Waals surface area contributed by atoms with E-state index < -0.39 is 0 Å². The van der Waals surface area contributed by atoms with Crippen molar-refractivity contribution >= 4 is 11.7 Å². The van der Waals surface area contributed by atoms with E-state index in [-0.39, 0.29) is 5.91 Å². The van der Waals surface area contributed by atoms with Gasteiger partial charge in [0.1, 0.15) is 5.82 Å². The molecule has 6 nitrogen and oxygen atoms in total. The lowest BCUT2D eigenvalue weighted by atomic mass is 10.1. The van der Waals surface area contributed by atoms with E-state index in [0.29, 0.717) is 11.7 Å². The molecule has 2 heterocycles. The van der Waals surface area contributed by atoms with Crippen LogP contribution in [0.1, 0.15) is 29.8 Å². The van der Waals surface area contributed by atoms with Crippen LogP contribution in [0.5, 0.6) is 0 Å². The highest BCUT2D eigenvalue weighted by Gasteiger charge is 2.12. The number of carbonyl (C=O) groups is 1. The molecular weight excluding hydrogens is 230 g/mol. The first-order valence-electron chi connectivity index (χ1n) is 6.32. The minimum absolute atomic E-state index is 0.217. The Morgan fingerprint density at radius 3 is 3.00 bits per heavy atom. The van der Waals surface area contributed by atoms with Gasteiger partial charge in [0, 0.05) is 19.6 Å². The largest absolute Gasteiger partial charge is 0.365 e. The third-order valence-corrected chi connectivity index (χ3v) is 3.02. The van der Waals surface area contributed by atoms with E-state index in [4.69, 9.17) is 0 Å². The fraction of sp³-hybridized carbons (Fsp3) is 0.583. The van der Waals surface area contributed by atoms with E-state index in [1.807, 2.05) is 0 Å². The van der Waals surface area contributed by atoms with Crippen LogP contribution < -0.4 is 16.0 Å². The number of nitrogens with zero attached hydrogens (tertiary/aromatic N) is 2. The molecule has 0 bridgehead atoms. The molecule has 1 aliphatic rings. The van der Waals surface area contributed by atoms with Gasteiger partial charge in [-0.1, -0.05) is 6.42 Å². The van der Waals surface area contributed by atoms with Crippen molar-refractivity contribution in [2.75, 3.05) is 25.5 Å². The number of anilines is 1. The molecule has 1 aromatic heterocycles. The van der Waals surface area contributed by atoms with E-state index in [2.05, 4.69) is 26.1 Å². The van der Waals surface area contributed by atoms with Crippen LogP contribution in [0, 0.1) is 0 Å². The lowest BCUT2D eigenvalue weighted by Gasteiger charge is -2.16. The van der Waals surface area contributed by atoms with E-state index >= 15 is 0 Å². The van der Waals surface area contributed by atoms with Crippen LogP contribution in [-0.4, -0.2) is 42.3 Å². The minimum atomic E-state index is -0.217. The van der Waals surface area contributed by atoms with Gasteiger partial charge in [0.2, 0.25) is 0 Å². The highest BCUT2D eigenvalue weighted by molar-refractivity contribution is 5.91. The van der Waals surface area contributed by atoms with Crippen LogP contribution in [0.4, 0.5) is 5.82 Å². The Morgan fingerprint density at radius 2 is 2.28 bits per heavy atom. The molecule has 18 heavy (non-hydrogen) atoms. The lowest BCUT2D eigenvalue weighted by molar-refractivity contribution is 0.0957. The zero-order chi connectivity index (χ0) is 12.8. The number of nitrogens with one attached hydrogen (secondary N) is 3. The minimum Gasteiger partial charge on any atom is -0.365 e. The van der Waals surface area contributed by atoms with E-state index in [1.54, 1.807) is 19.2 Å². The Bertz CT molecular complexity index is 384. The van der Waals surface area contributed by atoms with Gasteiger partial charge in [-0.3, -0.25) is 4.79 Å². The molecule has 1 atom stereocenters. The van der Waals surface area contributed by atoms with E-state index in [0.717, 1.165) is 25.3 Å². The number of amides is 1. The molecule has 1 fully saturated rings. The molecule has 1 aromatic rings. The molecule has 1 amide bonds. The van der Waals surface area contributed by atoms with Crippen molar-refractivity contribution in [2.24, 2.45) is 0 Å². The lowest BCUT2D eigenvalue weighted by Crippen LogP contribution is -2.31. The first kappa shape index (κ1) is 12.8. The van der Waals surface area contributed by atoms with Crippen LogP contribution >= 0.6 is 0 Å².